The molecule has 34 heavy (non-hydrogen) atoms. The molecule has 0 saturated heterocycles. The number of hydrogen-bond acceptors (Lipinski definition) is 7. The molecule has 10 nitrogen and oxygen atoms in total. The highest BCUT2D eigenvalue weighted by Crippen LogP contribution is 2.32. The summed E-state index contributed by atoms with van der Waals surface area (Å²) in [5.41, 5.74) is 4.12. The Morgan fingerprint density at radius 3 is 2.41 bits per heavy atom. The Bertz CT molecular complexity index is 1750. The van der Waals surface area contributed by atoms with Crippen LogP contribution in [0, 0.1) is 6.92 Å². The van der Waals surface area contributed by atoms with Crippen molar-refractivity contribution in [1.29, 1.82) is 0 Å². The van der Waals surface area contributed by atoms with Gasteiger partial charge < -0.3 is 4.42 Å². The van der Waals surface area contributed by atoms with Crippen molar-refractivity contribution >= 4 is 37.6 Å². The average Bonchev–Trinajstić information content (AvgIpc) is 3.58. The maximum Gasteiger partial charge on any atom is 0.261 e. The molecular weight excluding hydrogens is 454 g/mol. The Balaban J connectivity index is 1.32. The Morgan fingerprint density at radius 1 is 0.853 bits per heavy atom. The molecule has 0 fully saturated rings. The van der Waals surface area contributed by atoms with E-state index in [0.29, 0.717) is 22.2 Å². The lowest BCUT2D eigenvalue weighted by molar-refractivity contribution is 0.601. The van der Waals surface area contributed by atoms with Crippen LogP contribution >= 0.6 is 0 Å². The van der Waals surface area contributed by atoms with Crippen LogP contribution in [0.25, 0.3) is 33.3 Å². The Kier molecular flexibility index (Phi) is 4.45. The molecule has 0 spiro atoms. The van der Waals surface area contributed by atoms with Gasteiger partial charge >= 0.3 is 0 Å². The number of fused-ring (bicyclic) bond motifs is 3. The number of benzene rings is 3. The summed E-state index contributed by atoms with van der Waals surface area (Å²) < 4.78 is 38.0. The summed E-state index contributed by atoms with van der Waals surface area (Å²) in [4.78, 5) is 0.138. The minimum Gasteiger partial charge on any atom is -0.456 e. The molecule has 6 rings (SSSR count). The summed E-state index contributed by atoms with van der Waals surface area (Å²) >= 11 is 0. The topological polar surface area (TPSA) is 121 Å². The fraction of sp³-hybridized carbons (Fsp3) is 0.0435. The van der Waals surface area contributed by atoms with Gasteiger partial charge in [-0.3, -0.25) is 4.72 Å². The van der Waals surface area contributed by atoms with Crippen molar-refractivity contribution in [3.63, 3.8) is 0 Å². The maximum absolute atomic E-state index is 13.1. The van der Waals surface area contributed by atoms with E-state index in [9.17, 15) is 8.42 Å². The van der Waals surface area contributed by atoms with Gasteiger partial charge in [0.1, 0.15) is 17.5 Å². The predicted molar refractivity (Wildman–Crippen MR) is 126 cm³/mol. The van der Waals surface area contributed by atoms with E-state index in [1.165, 1.54) is 17.1 Å². The third kappa shape index (κ3) is 3.48. The van der Waals surface area contributed by atoms with Gasteiger partial charge in [0.25, 0.3) is 10.0 Å². The molecule has 0 radical (unpaired) electrons. The smallest absolute Gasteiger partial charge is 0.261 e. The SMILES string of the molecule is Cc1ccn(-c2ccc(NS(=O)(=O)c3ccc4oc5cc(-n6cnnn6)ccc5c4c3)cc2)n1. The lowest BCUT2D eigenvalue weighted by Gasteiger charge is -2.09. The van der Waals surface area contributed by atoms with Crippen LogP contribution in [0.1, 0.15) is 5.69 Å². The van der Waals surface area contributed by atoms with E-state index in [0.717, 1.165) is 22.5 Å². The highest BCUT2D eigenvalue weighted by Gasteiger charge is 2.18. The normalized spacial score (nSPS) is 11.9. The van der Waals surface area contributed by atoms with Gasteiger partial charge in [-0.05, 0) is 78.0 Å². The molecule has 3 heterocycles. The van der Waals surface area contributed by atoms with E-state index in [4.69, 9.17) is 4.42 Å². The molecule has 0 aliphatic carbocycles. The van der Waals surface area contributed by atoms with Gasteiger partial charge in [0.2, 0.25) is 0 Å². The Labute approximate surface area is 193 Å². The number of sulfonamides is 1. The third-order valence-corrected chi connectivity index (χ3v) is 6.84. The van der Waals surface area contributed by atoms with E-state index in [-0.39, 0.29) is 4.90 Å². The van der Waals surface area contributed by atoms with Gasteiger partial charge in [-0.2, -0.15) is 5.10 Å². The first-order valence-corrected chi connectivity index (χ1v) is 11.8. The van der Waals surface area contributed by atoms with Gasteiger partial charge in [-0.25, -0.2) is 17.8 Å². The number of anilines is 1. The highest BCUT2D eigenvalue weighted by atomic mass is 32.2. The predicted octanol–water partition coefficient (Wildman–Crippen LogP) is 3.86. The van der Waals surface area contributed by atoms with Crippen LogP contribution in [-0.4, -0.2) is 38.4 Å². The average molecular weight is 472 g/mol. The lowest BCUT2D eigenvalue weighted by Crippen LogP contribution is -2.12. The second-order valence-corrected chi connectivity index (χ2v) is 9.43. The van der Waals surface area contributed by atoms with Crippen molar-refractivity contribution in [3.05, 3.63) is 84.9 Å². The molecule has 168 valence electrons. The summed E-state index contributed by atoms with van der Waals surface area (Å²) in [6, 6.07) is 19.2. The zero-order valence-electron chi connectivity index (χ0n) is 17.8. The minimum absolute atomic E-state index is 0.138. The zero-order chi connectivity index (χ0) is 23.3. The Hall–Kier alpha value is -4.51. The first-order valence-electron chi connectivity index (χ1n) is 10.3. The second-order valence-electron chi connectivity index (χ2n) is 7.75. The molecule has 0 bridgehead atoms. The van der Waals surface area contributed by atoms with Crippen molar-refractivity contribution in [1.82, 2.24) is 30.0 Å². The van der Waals surface area contributed by atoms with Crippen molar-refractivity contribution in [3.8, 4) is 11.4 Å². The van der Waals surface area contributed by atoms with Gasteiger partial charge in [0.15, 0.2) is 0 Å². The first kappa shape index (κ1) is 20.1. The van der Waals surface area contributed by atoms with Crippen LogP contribution in [0.3, 0.4) is 0 Å². The number of rotatable bonds is 5. The molecule has 0 saturated carbocycles. The summed E-state index contributed by atoms with van der Waals surface area (Å²) in [6.07, 6.45) is 3.34. The van der Waals surface area contributed by atoms with Crippen molar-refractivity contribution in [2.75, 3.05) is 4.72 Å². The van der Waals surface area contributed by atoms with E-state index in [1.807, 2.05) is 31.3 Å². The third-order valence-electron chi connectivity index (χ3n) is 5.46. The summed E-state index contributed by atoms with van der Waals surface area (Å²) in [6.45, 7) is 1.91. The van der Waals surface area contributed by atoms with E-state index in [1.54, 1.807) is 47.1 Å². The molecule has 0 atom stereocenters. The fourth-order valence-electron chi connectivity index (χ4n) is 3.79. The van der Waals surface area contributed by atoms with Crippen LogP contribution in [0.4, 0.5) is 5.69 Å². The molecule has 0 aliphatic heterocycles. The number of hydrogen-bond donors (Lipinski definition) is 1. The van der Waals surface area contributed by atoms with Gasteiger partial charge in [0, 0.05) is 28.7 Å². The first-order chi connectivity index (χ1) is 16.5. The molecule has 3 aromatic heterocycles. The minimum atomic E-state index is -3.81. The van der Waals surface area contributed by atoms with Gasteiger partial charge in [0.05, 0.1) is 22.0 Å². The van der Waals surface area contributed by atoms with Crippen LogP contribution < -0.4 is 4.72 Å². The van der Waals surface area contributed by atoms with Crippen molar-refractivity contribution in [2.45, 2.75) is 11.8 Å². The number of aromatic nitrogens is 6. The van der Waals surface area contributed by atoms with Crippen LogP contribution in [0.2, 0.25) is 0 Å². The largest absolute Gasteiger partial charge is 0.456 e. The molecule has 0 aliphatic rings. The molecule has 0 amide bonds. The molecule has 3 aromatic carbocycles. The molecular formula is C23H17N7O3S. The number of nitrogens with one attached hydrogen (secondary N) is 1. The fourth-order valence-corrected chi connectivity index (χ4v) is 4.87. The summed E-state index contributed by atoms with van der Waals surface area (Å²) in [5.74, 6) is 0. The molecule has 6 aromatic rings. The zero-order valence-corrected chi connectivity index (χ0v) is 18.6. The molecule has 1 N–H and O–H groups in total. The monoisotopic (exact) mass is 471 g/mol. The van der Waals surface area contributed by atoms with Gasteiger partial charge in [-0.1, -0.05) is 0 Å². The van der Waals surface area contributed by atoms with Crippen LogP contribution in [-0.2, 0) is 10.0 Å². The lowest BCUT2D eigenvalue weighted by atomic mass is 10.1. The highest BCUT2D eigenvalue weighted by molar-refractivity contribution is 7.92. The standard InChI is InChI=1S/C23H17N7O3S/c1-15-10-11-29(25-15)17-4-2-16(3-5-17)26-34(31,32)19-7-9-22-21(13-19)20-8-6-18(12-23(20)33-22)30-14-24-27-28-30/h2-14,26H,1H3. The van der Waals surface area contributed by atoms with E-state index in [2.05, 4.69) is 25.3 Å². The molecule has 0 unspecified atom stereocenters. The quantitative estimate of drug-likeness (QED) is 0.405. The summed E-state index contributed by atoms with van der Waals surface area (Å²) in [5, 5.41) is 17.0. The number of tetrazole rings is 1. The number of furan rings is 1. The molecule has 11 heteroatoms. The van der Waals surface area contributed by atoms with Crippen LogP contribution in [0.5, 0.6) is 0 Å². The number of nitrogens with zero attached hydrogens (tertiary/aromatic N) is 6. The summed E-state index contributed by atoms with van der Waals surface area (Å²) in [7, 11) is -3.81. The van der Waals surface area contributed by atoms with Crippen molar-refractivity contribution < 1.29 is 12.8 Å². The second kappa shape index (κ2) is 7.52. The van der Waals surface area contributed by atoms with E-state index < -0.39 is 10.0 Å². The van der Waals surface area contributed by atoms with Crippen molar-refractivity contribution in [2.24, 2.45) is 0 Å². The Morgan fingerprint density at radius 2 is 1.68 bits per heavy atom. The van der Waals surface area contributed by atoms with E-state index >= 15 is 0 Å². The van der Waals surface area contributed by atoms with Gasteiger partial charge in [-0.15, -0.1) is 5.10 Å². The number of aryl methyl sites for hydroxylation is 1. The van der Waals surface area contributed by atoms with Crippen LogP contribution in [0.15, 0.2) is 88.6 Å². The maximum atomic E-state index is 13.1.